The second-order valence-corrected chi connectivity index (χ2v) is 8.36. The van der Waals surface area contributed by atoms with E-state index in [0.29, 0.717) is 18.8 Å². The van der Waals surface area contributed by atoms with Gasteiger partial charge in [-0.2, -0.15) is 0 Å². The molecule has 0 aliphatic heterocycles. The van der Waals surface area contributed by atoms with Crippen LogP contribution in [-0.4, -0.2) is 22.3 Å². The van der Waals surface area contributed by atoms with Gasteiger partial charge in [0.25, 0.3) is 0 Å². The molecular formula is C20H28O3. The SMILES string of the molecule is CC(C)c1ccc2c(c1)CC[C@H]1[C@@](C)(C(=O)O)C[C@@H](O)C[C@]21C. The number of fused-ring (bicyclic) bond motifs is 3. The van der Waals surface area contributed by atoms with E-state index in [1.807, 2.05) is 6.92 Å². The van der Waals surface area contributed by atoms with Crippen molar-refractivity contribution >= 4 is 5.97 Å². The Bertz CT molecular complexity index is 636. The zero-order valence-corrected chi connectivity index (χ0v) is 14.6. The Morgan fingerprint density at radius 1 is 1.26 bits per heavy atom. The standard InChI is InChI=1S/C20H28O3/c1-12(2)13-5-7-16-14(9-13)6-8-17-19(16,3)10-15(21)11-20(17,4)18(22)23/h5,7,9,12,15,17,21H,6,8,10-11H2,1-4H3,(H,22,23)/t15-,17+,19+,20-/m0/s1. The van der Waals surface area contributed by atoms with Crippen LogP contribution < -0.4 is 0 Å². The van der Waals surface area contributed by atoms with Crippen LogP contribution in [0, 0.1) is 11.3 Å². The molecule has 4 atom stereocenters. The molecule has 0 bridgehead atoms. The number of carboxylic acid groups (broad SMARTS) is 1. The Morgan fingerprint density at radius 2 is 1.96 bits per heavy atom. The van der Waals surface area contributed by atoms with Crippen LogP contribution in [0.25, 0.3) is 0 Å². The van der Waals surface area contributed by atoms with Gasteiger partial charge in [0.1, 0.15) is 0 Å². The van der Waals surface area contributed by atoms with Crippen molar-refractivity contribution in [3.63, 3.8) is 0 Å². The van der Waals surface area contributed by atoms with Gasteiger partial charge in [-0.25, -0.2) is 0 Å². The Hall–Kier alpha value is -1.35. The fraction of sp³-hybridized carbons (Fsp3) is 0.650. The maximum absolute atomic E-state index is 12.0. The van der Waals surface area contributed by atoms with Gasteiger partial charge < -0.3 is 10.2 Å². The van der Waals surface area contributed by atoms with Crippen LogP contribution in [0.4, 0.5) is 0 Å². The van der Waals surface area contributed by atoms with Crippen LogP contribution >= 0.6 is 0 Å². The molecule has 2 aliphatic carbocycles. The van der Waals surface area contributed by atoms with Gasteiger partial charge in [-0.05, 0) is 66.5 Å². The number of carbonyl (C=O) groups is 1. The number of aliphatic carboxylic acids is 1. The van der Waals surface area contributed by atoms with E-state index in [1.54, 1.807) is 0 Å². The highest BCUT2D eigenvalue weighted by Gasteiger charge is 2.57. The van der Waals surface area contributed by atoms with Crippen molar-refractivity contribution in [2.45, 2.75) is 70.8 Å². The summed E-state index contributed by atoms with van der Waals surface area (Å²) >= 11 is 0. The first-order chi connectivity index (χ1) is 10.7. The van der Waals surface area contributed by atoms with Crippen LogP contribution in [0.2, 0.25) is 0 Å². The Kier molecular flexibility index (Phi) is 3.83. The molecule has 0 radical (unpaired) electrons. The van der Waals surface area contributed by atoms with Crippen LogP contribution in [0.1, 0.15) is 69.6 Å². The number of benzene rings is 1. The number of aliphatic hydroxyl groups is 1. The first-order valence-corrected chi connectivity index (χ1v) is 8.73. The molecule has 0 unspecified atom stereocenters. The fourth-order valence-corrected chi connectivity index (χ4v) is 5.25. The van der Waals surface area contributed by atoms with Crippen molar-refractivity contribution in [3.8, 4) is 0 Å². The number of aliphatic hydroxyl groups excluding tert-OH is 1. The third-order valence-corrected chi connectivity index (χ3v) is 6.46. The monoisotopic (exact) mass is 316 g/mol. The van der Waals surface area contributed by atoms with Gasteiger partial charge >= 0.3 is 5.97 Å². The molecule has 3 rings (SSSR count). The van der Waals surface area contributed by atoms with Crippen LogP contribution in [0.3, 0.4) is 0 Å². The zero-order valence-electron chi connectivity index (χ0n) is 14.6. The number of hydrogen-bond donors (Lipinski definition) is 2. The average molecular weight is 316 g/mol. The number of aryl methyl sites for hydroxylation is 1. The van der Waals surface area contributed by atoms with Crippen molar-refractivity contribution in [1.29, 1.82) is 0 Å². The smallest absolute Gasteiger partial charge is 0.309 e. The highest BCUT2D eigenvalue weighted by Crippen LogP contribution is 2.57. The molecule has 1 aromatic rings. The van der Waals surface area contributed by atoms with E-state index < -0.39 is 17.5 Å². The minimum Gasteiger partial charge on any atom is -0.481 e. The van der Waals surface area contributed by atoms with Crippen molar-refractivity contribution in [1.82, 2.24) is 0 Å². The molecule has 0 spiro atoms. The maximum atomic E-state index is 12.0. The lowest BCUT2D eigenvalue weighted by Gasteiger charge is -2.55. The normalized spacial score (nSPS) is 36.4. The van der Waals surface area contributed by atoms with Crippen LogP contribution in [0.5, 0.6) is 0 Å². The summed E-state index contributed by atoms with van der Waals surface area (Å²) in [6.45, 7) is 8.38. The summed E-state index contributed by atoms with van der Waals surface area (Å²) in [5.74, 6) is -0.199. The van der Waals surface area contributed by atoms with E-state index in [0.717, 1.165) is 12.8 Å². The number of rotatable bonds is 2. The summed E-state index contributed by atoms with van der Waals surface area (Å²) in [4.78, 5) is 12.0. The molecule has 23 heavy (non-hydrogen) atoms. The van der Waals surface area contributed by atoms with Crippen molar-refractivity contribution in [2.75, 3.05) is 0 Å². The zero-order chi connectivity index (χ0) is 17.0. The molecule has 2 N–H and O–H groups in total. The van der Waals surface area contributed by atoms with Gasteiger partial charge in [-0.1, -0.05) is 39.0 Å². The molecule has 0 aromatic heterocycles. The second kappa shape index (κ2) is 5.34. The Balaban J connectivity index is 2.11. The summed E-state index contributed by atoms with van der Waals surface area (Å²) < 4.78 is 0. The first kappa shape index (κ1) is 16.5. The molecule has 1 fully saturated rings. The molecule has 3 heteroatoms. The summed E-state index contributed by atoms with van der Waals surface area (Å²) in [5, 5.41) is 20.2. The number of hydrogen-bond acceptors (Lipinski definition) is 2. The fourth-order valence-electron chi connectivity index (χ4n) is 5.25. The van der Waals surface area contributed by atoms with Crippen molar-refractivity contribution in [2.24, 2.45) is 11.3 Å². The average Bonchev–Trinajstić information content (AvgIpc) is 2.45. The van der Waals surface area contributed by atoms with E-state index in [-0.39, 0.29) is 11.3 Å². The highest BCUT2D eigenvalue weighted by atomic mass is 16.4. The summed E-state index contributed by atoms with van der Waals surface area (Å²) in [5.41, 5.74) is 2.83. The topological polar surface area (TPSA) is 57.5 Å². The van der Waals surface area contributed by atoms with Gasteiger partial charge in [0, 0.05) is 0 Å². The molecule has 2 aliphatic rings. The molecule has 126 valence electrons. The molecule has 1 saturated carbocycles. The minimum absolute atomic E-state index is 0.0771. The summed E-state index contributed by atoms with van der Waals surface area (Å²) in [6, 6.07) is 6.66. The lowest BCUT2D eigenvalue weighted by atomic mass is 9.49. The minimum atomic E-state index is -0.846. The molecule has 0 amide bonds. The van der Waals surface area contributed by atoms with Gasteiger partial charge in [0.15, 0.2) is 0 Å². The summed E-state index contributed by atoms with van der Waals surface area (Å²) in [7, 11) is 0. The van der Waals surface area contributed by atoms with Gasteiger partial charge in [0.2, 0.25) is 0 Å². The largest absolute Gasteiger partial charge is 0.481 e. The van der Waals surface area contributed by atoms with Gasteiger partial charge in [0.05, 0.1) is 11.5 Å². The van der Waals surface area contributed by atoms with E-state index >= 15 is 0 Å². The molecule has 3 nitrogen and oxygen atoms in total. The number of carboxylic acids is 1. The van der Waals surface area contributed by atoms with Crippen LogP contribution in [0.15, 0.2) is 18.2 Å². The predicted molar refractivity (Wildman–Crippen MR) is 90.7 cm³/mol. The maximum Gasteiger partial charge on any atom is 0.309 e. The third kappa shape index (κ3) is 2.40. The van der Waals surface area contributed by atoms with E-state index in [9.17, 15) is 15.0 Å². The predicted octanol–water partition coefficient (Wildman–Crippen LogP) is 3.88. The Labute approximate surface area is 138 Å². The van der Waals surface area contributed by atoms with Crippen molar-refractivity contribution in [3.05, 3.63) is 34.9 Å². The Morgan fingerprint density at radius 3 is 2.57 bits per heavy atom. The van der Waals surface area contributed by atoms with E-state index in [2.05, 4.69) is 39.0 Å². The van der Waals surface area contributed by atoms with Crippen molar-refractivity contribution < 1.29 is 15.0 Å². The summed E-state index contributed by atoms with van der Waals surface area (Å²) in [6.07, 6.45) is 2.31. The quantitative estimate of drug-likeness (QED) is 0.870. The van der Waals surface area contributed by atoms with Gasteiger partial charge in [-0.15, -0.1) is 0 Å². The lowest BCUT2D eigenvalue weighted by molar-refractivity contribution is -0.162. The van der Waals surface area contributed by atoms with Crippen LogP contribution in [-0.2, 0) is 16.6 Å². The van der Waals surface area contributed by atoms with E-state index in [4.69, 9.17) is 0 Å². The van der Waals surface area contributed by atoms with Gasteiger partial charge in [-0.3, -0.25) is 4.79 Å². The van der Waals surface area contributed by atoms with E-state index in [1.165, 1.54) is 16.7 Å². The lowest BCUT2D eigenvalue weighted by Crippen LogP contribution is -2.56. The molecular weight excluding hydrogens is 288 g/mol. The molecule has 0 heterocycles. The third-order valence-electron chi connectivity index (χ3n) is 6.46. The molecule has 1 aromatic carbocycles. The molecule has 0 saturated heterocycles. The highest BCUT2D eigenvalue weighted by molar-refractivity contribution is 5.75. The first-order valence-electron chi connectivity index (χ1n) is 8.73. The second-order valence-electron chi connectivity index (χ2n) is 8.36.